The lowest BCUT2D eigenvalue weighted by atomic mass is 10.00. The minimum atomic E-state index is -1.34. The van der Waals surface area contributed by atoms with Gasteiger partial charge in [-0.3, -0.25) is 14.4 Å². The smallest absolute Gasteiger partial charge is 0.341 e. The van der Waals surface area contributed by atoms with E-state index in [9.17, 15) is 24.3 Å². The summed E-state index contributed by atoms with van der Waals surface area (Å²) in [7, 11) is 0. The lowest BCUT2D eigenvalue weighted by Gasteiger charge is -2.30. The van der Waals surface area contributed by atoms with Gasteiger partial charge in [-0.05, 0) is 44.7 Å². The summed E-state index contributed by atoms with van der Waals surface area (Å²) in [6.45, 7) is 1.82. The van der Waals surface area contributed by atoms with Crippen molar-refractivity contribution < 1.29 is 23.9 Å². The Morgan fingerprint density at radius 1 is 1.10 bits per heavy atom. The molecule has 0 bridgehead atoms. The lowest BCUT2D eigenvalue weighted by molar-refractivity contribution is 0.0693. The van der Waals surface area contributed by atoms with E-state index in [0.717, 1.165) is 24.5 Å². The number of nitrogens with one attached hydrogen (secondary N) is 1. The Kier molecular flexibility index (Phi) is 7.21. The Bertz CT molecular complexity index is 1650. The highest BCUT2D eigenvalue weighted by Gasteiger charge is 2.37. The van der Waals surface area contributed by atoms with Crippen LogP contribution in [-0.4, -0.2) is 58.4 Å². The van der Waals surface area contributed by atoms with Crippen molar-refractivity contribution in [2.75, 3.05) is 31.1 Å². The molecule has 0 atom stereocenters. The average molecular weight is 579 g/mol. The fraction of sp³-hybridized carbons (Fsp3) is 0.367. The van der Waals surface area contributed by atoms with Crippen LogP contribution in [-0.2, 0) is 0 Å². The fourth-order valence-electron chi connectivity index (χ4n) is 5.74. The summed E-state index contributed by atoms with van der Waals surface area (Å²) in [6.07, 6.45) is 4.60. The van der Waals surface area contributed by atoms with Crippen LogP contribution < -0.4 is 15.6 Å². The van der Waals surface area contributed by atoms with Gasteiger partial charge < -0.3 is 19.9 Å². The zero-order chi connectivity index (χ0) is 28.8. The average Bonchev–Trinajstić information content (AvgIpc) is 3.79. The van der Waals surface area contributed by atoms with Crippen LogP contribution in [0, 0.1) is 11.7 Å². The molecule has 2 aliphatic carbocycles. The summed E-state index contributed by atoms with van der Waals surface area (Å²) in [6, 6.07) is 8.05. The number of carboxylic acids is 1. The number of carbonyl (C=O) groups is 3. The maximum Gasteiger partial charge on any atom is 0.341 e. The maximum atomic E-state index is 15.2. The largest absolute Gasteiger partial charge is 0.477 e. The first-order chi connectivity index (χ1) is 19.7. The van der Waals surface area contributed by atoms with E-state index < -0.39 is 23.1 Å². The number of halogens is 2. The first kappa shape index (κ1) is 27.3. The Morgan fingerprint density at radius 2 is 1.76 bits per heavy atom. The van der Waals surface area contributed by atoms with E-state index in [1.165, 1.54) is 6.20 Å². The van der Waals surface area contributed by atoms with Crippen LogP contribution in [0.1, 0.15) is 69.2 Å². The zero-order valence-corrected chi connectivity index (χ0v) is 22.9. The highest BCUT2D eigenvalue weighted by atomic mass is 35.5. The molecule has 3 heterocycles. The number of pyridine rings is 2. The summed E-state index contributed by atoms with van der Waals surface area (Å²) in [5.74, 6) is -2.80. The van der Waals surface area contributed by atoms with Gasteiger partial charge in [0.1, 0.15) is 11.2 Å². The molecule has 1 aliphatic heterocycles. The van der Waals surface area contributed by atoms with Gasteiger partial charge in [0, 0.05) is 48.0 Å². The molecule has 1 aromatic carbocycles. The van der Waals surface area contributed by atoms with Crippen molar-refractivity contribution in [3.8, 4) is 0 Å². The van der Waals surface area contributed by atoms with Gasteiger partial charge in [0.2, 0.25) is 5.43 Å². The number of carboxylic acid groups (broad SMARTS) is 1. The van der Waals surface area contributed by atoms with Crippen LogP contribution in [0.25, 0.3) is 11.0 Å². The first-order valence-electron chi connectivity index (χ1n) is 13.7. The Balaban J connectivity index is 1.09. The minimum Gasteiger partial charge on any atom is -0.477 e. The lowest BCUT2D eigenvalue weighted by Crippen LogP contribution is -2.33. The number of nitrogens with zero attached hydrogens (tertiary/aromatic N) is 3. The van der Waals surface area contributed by atoms with E-state index in [1.807, 2.05) is 4.90 Å². The van der Waals surface area contributed by atoms with E-state index in [0.29, 0.717) is 67.2 Å². The molecule has 1 saturated carbocycles. The number of rotatable bonds is 8. The summed E-state index contributed by atoms with van der Waals surface area (Å²) in [5.41, 5.74) is 1.19. The van der Waals surface area contributed by atoms with Crippen LogP contribution in [0.15, 0.2) is 51.9 Å². The molecule has 11 heteroatoms. The Morgan fingerprint density at radius 3 is 2.37 bits per heavy atom. The number of piperidine rings is 1. The number of ketones is 2. The number of Topliss-reactive ketones (excluding diaryl/α,β-unsaturated/α-hetero) is 2. The zero-order valence-electron chi connectivity index (χ0n) is 22.2. The number of fused-ring (bicyclic) bond motifs is 2. The van der Waals surface area contributed by atoms with Gasteiger partial charge in [-0.25, -0.2) is 14.2 Å². The molecule has 2 N–H and O–H groups in total. The fourth-order valence-corrected chi connectivity index (χ4v) is 6.03. The van der Waals surface area contributed by atoms with E-state index in [1.54, 1.807) is 28.8 Å². The predicted octanol–water partition coefficient (Wildman–Crippen LogP) is 4.34. The molecule has 6 rings (SSSR count). The molecule has 0 spiro atoms. The molecule has 1 saturated heterocycles. The molecule has 0 unspecified atom stereocenters. The molecule has 3 aliphatic rings. The highest BCUT2D eigenvalue weighted by Crippen LogP contribution is 2.37. The van der Waals surface area contributed by atoms with Gasteiger partial charge in [-0.15, -0.1) is 0 Å². The third-order valence-electron chi connectivity index (χ3n) is 8.14. The Hall–Kier alpha value is -3.89. The van der Waals surface area contributed by atoms with Crippen LogP contribution in [0.3, 0.4) is 0 Å². The van der Waals surface area contributed by atoms with Crippen molar-refractivity contribution in [1.29, 1.82) is 0 Å². The Labute approximate surface area is 239 Å². The molecular weight excluding hydrogens is 551 g/mol. The van der Waals surface area contributed by atoms with Gasteiger partial charge in [-0.2, -0.15) is 0 Å². The standard InChI is InChI=1S/C30H28ClFN4O5/c31-23(14-33-10-7-20-25(37)18-3-1-2-4-19(18)26(20)38)16-8-11-35(12-9-16)29-24(32)13-21-27(39)22(30(40)41)15-36(17-5-6-17)28(21)34-29/h1-4,13,15,17,20,33H,5-12,14H2,(H,40,41). The maximum absolute atomic E-state index is 15.2. The number of carbonyl (C=O) groups excluding carboxylic acids is 2. The van der Waals surface area contributed by atoms with Crippen LogP contribution in [0.5, 0.6) is 0 Å². The molecule has 2 aromatic heterocycles. The SMILES string of the molecule is O=C(O)c1cn(C2CC2)c2nc(N3CCC(=C(Cl)CNCCC4C(=O)c5ccccc5C4=O)CC3)c(F)cc2c1=O. The number of anilines is 1. The normalized spacial score (nSPS) is 17.4. The molecule has 41 heavy (non-hydrogen) atoms. The van der Waals surface area contributed by atoms with Crippen LogP contribution in [0.4, 0.5) is 10.2 Å². The topological polar surface area (TPSA) is 122 Å². The number of hydrogen-bond donors (Lipinski definition) is 2. The minimum absolute atomic E-state index is 0.0327. The first-order valence-corrected chi connectivity index (χ1v) is 14.1. The number of aromatic carboxylic acids is 1. The van der Waals surface area contributed by atoms with Gasteiger partial charge in [-0.1, -0.05) is 41.4 Å². The van der Waals surface area contributed by atoms with E-state index in [-0.39, 0.29) is 34.4 Å². The monoisotopic (exact) mass is 578 g/mol. The second kappa shape index (κ2) is 10.8. The number of hydrogen-bond acceptors (Lipinski definition) is 7. The van der Waals surface area contributed by atoms with E-state index in [2.05, 4.69) is 10.3 Å². The van der Waals surface area contributed by atoms with Crippen LogP contribution >= 0.6 is 11.6 Å². The summed E-state index contributed by atoms with van der Waals surface area (Å²) in [5, 5.41) is 13.3. The number of benzene rings is 1. The van der Waals surface area contributed by atoms with Crippen LogP contribution in [0.2, 0.25) is 0 Å². The van der Waals surface area contributed by atoms with Crippen molar-refractivity contribution in [3.63, 3.8) is 0 Å². The predicted molar refractivity (Wildman–Crippen MR) is 152 cm³/mol. The van der Waals surface area contributed by atoms with Gasteiger partial charge in [0.25, 0.3) is 0 Å². The van der Waals surface area contributed by atoms with Crippen molar-refractivity contribution in [3.05, 3.63) is 79.9 Å². The van der Waals surface area contributed by atoms with Gasteiger partial charge in [0.05, 0.1) is 11.3 Å². The third kappa shape index (κ3) is 5.06. The van der Waals surface area contributed by atoms with Crippen molar-refractivity contribution in [2.45, 2.75) is 38.1 Å². The van der Waals surface area contributed by atoms with E-state index in [4.69, 9.17) is 11.6 Å². The molecule has 9 nitrogen and oxygen atoms in total. The second-order valence-corrected chi connectivity index (χ2v) is 11.2. The molecule has 0 radical (unpaired) electrons. The third-order valence-corrected chi connectivity index (χ3v) is 8.54. The van der Waals surface area contributed by atoms with Gasteiger partial charge >= 0.3 is 5.97 Å². The molecule has 3 aromatic rings. The highest BCUT2D eigenvalue weighted by molar-refractivity contribution is 6.30. The van der Waals surface area contributed by atoms with E-state index >= 15 is 4.39 Å². The van der Waals surface area contributed by atoms with Crippen molar-refractivity contribution >= 4 is 46.0 Å². The second-order valence-electron chi connectivity index (χ2n) is 10.8. The summed E-state index contributed by atoms with van der Waals surface area (Å²) >= 11 is 6.60. The van der Waals surface area contributed by atoms with Crippen molar-refractivity contribution in [2.24, 2.45) is 5.92 Å². The summed E-state index contributed by atoms with van der Waals surface area (Å²) < 4.78 is 16.9. The molecule has 0 amide bonds. The number of aromatic nitrogens is 2. The van der Waals surface area contributed by atoms with Crippen molar-refractivity contribution in [1.82, 2.24) is 14.9 Å². The molecular formula is C30H28ClFN4O5. The summed E-state index contributed by atoms with van der Waals surface area (Å²) in [4.78, 5) is 55.8. The molecule has 2 fully saturated rings. The molecule has 212 valence electrons. The van der Waals surface area contributed by atoms with Gasteiger partial charge in [0.15, 0.2) is 23.2 Å². The quantitative estimate of drug-likeness (QED) is 0.299.